The van der Waals surface area contributed by atoms with Crippen molar-refractivity contribution < 1.29 is 4.74 Å². The normalized spacial score (nSPS) is 14.7. The predicted octanol–water partition coefficient (Wildman–Crippen LogP) is 2.67. The standard InChI is InChI=1S/C20H26N6O/c1-14-13-15-18(21-14)22-20(24(2)3)23-19(15)26-11-9-25(10-12-26)16-7-5-6-8-17(16)27-4/h5-8,13H,9-12H2,1-4H3,(H,21,22,23). The van der Waals surface area contributed by atoms with E-state index >= 15 is 0 Å². The van der Waals surface area contributed by atoms with E-state index in [1.807, 2.05) is 31.1 Å². The fraction of sp³-hybridized carbons (Fsp3) is 0.400. The Labute approximate surface area is 159 Å². The van der Waals surface area contributed by atoms with E-state index in [1.54, 1.807) is 7.11 Å². The molecule has 1 saturated heterocycles. The number of aryl methyl sites for hydroxylation is 1. The number of anilines is 3. The Morgan fingerprint density at radius 2 is 1.74 bits per heavy atom. The monoisotopic (exact) mass is 366 g/mol. The van der Waals surface area contributed by atoms with E-state index in [4.69, 9.17) is 9.72 Å². The number of fused-ring (bicyclic) bond motifs is 1. The van der Waals surface area contributed by atoms with Gasteiger partial charge in [0.25, 0.3) is 0 Å². The van der Waals surface area contributed by atoms with Gasteiger partial charge < -0.3 is 24.4 Å². The highest BCUT2D eigenvalue weighted by Gasteiger charge is 2.23. The lowest BCUT2D eigenvalue weighted by molar-refractivity contribution is 0.413. The second-order valence-electron chi connectivity index (χ2n) is 7.10. The Kier molecular flexibility index (Phi) is 4.51. The second kappa shape index (κ2) is 6.98. The van der Waals surface area contributed by atoms with Crippen LogP contribution in [0.4, 0.5) is 17.5 Å². The summed E-state index contributed by atoms with van der Waals surface area (Å²) in [5.74, 6) is 2.66. The molecule has 0 unspecified atom stereocenters. The van der Waals surface area contributed by atoms with E-state index in [2.05, 4.69) is 44.9 Å². The molecule has 0 bridgehead atoms. The van der Waals surface area contributed by atoms with Crippen molar-refractivity contribution in [2.24, 2.45) is 0 Å². The maximum absolute atomic E-state index is 5.53. The molecule has 0 atom stereocenters. The molecule has 1 N–H and O–H groups in total. The second-order valence-corrected chi connectivity index (χ2v) is 7.10. The Morgan fingerprint density at radius 1 is 1.04 bits per heavy atom. The van der Waals surface area contributed by atoms with Crippen LogP contribution in [0.5, 0.6) is 5.75 Å². The molecule has 0 radical (unpaired) electrons. The minimum absolute atomic E-state index is 0.728. The number of aromatic amines is 1. The third-order valence-electron chi connectivity index (χ3n) is 5.00. The van der Waals surface area contributed by atoms with Gasteiger partial charge in [0.2, 0.25) is 5.95 Å². The fourth-order valence-electron chi connectivity index (χ4n) is 3.60. The molecule has 27 heavy (non-hydrogen) atoms. The zero-order valence-corrected chi connectivity index (χ0v) is 16.4. The molecule has 1 aliphatic rings. The maximum atomic E-state index is 5.53. The van der Waals surface area contributed by atoms with Crippen LogP contribution in [-0.2, 0) is 0 Å². The first-order chi connectivity index (χ1) is 13.1. The van der Waals surface area contributed by atoms with Crippen molar-refractivity contribution in [1.29, 1.82) is 0 Å². The molecule has 1 aliphatic heterocycles. The van der Waals surface area contributed by atoms with E-state index < -0.39 is 0 Å². The number of rotatable bonds is 4. The van der Waals surface area contributed by atoms with Crippen LogP contribution >= 0.6 is 0 Å². The van der Waals surface area contributed by atoms with Gasteiger partial charge in [-0.25, -0.2) is 0 Å². The summed E-state index contributed by atoms with van der Waals surface area (Å²) < 4.78 is 5.53. The molecule has 7 nitrogen and oxygen atoms in total. The number of piperazine rings is 1. The summed E-state index contributed by atoms with van der Waals surface area (Å²) in [7, 11) is 5.67. The molecule has 1 fully saturated rings. The molecule has 0 spiro atoms. The summed E-state index contributed by atoms with van der Waals surface area (Å²) in [5.41, 5.74) is 3.15. The highest BCUT2D eigenvalue weighted by Crippen LogP contribution is 2.31. The molecule has 7 heteroatoms. The van der Waals surface area contributed by atoms with Gasteiger partial charge >= 0.3 is 0 Å². The molecule has 1 aromatic carbocycles. The number of aromatic nitrogens is 3. The number of methoxy groups -OCH3 is 1. The molecule has 2 aromatic heterocycles. The van der Waals surface area contributed by atoms with Crippen LogP contribution in [0, 0.1) is 6.92 Å². The number of nitrogens with one attached hydrogen (secondary N) is 1. The highest BCUT2D eigenvalue weighted by atomic mass is 16.5. The number of hydrogen-bond donors (Lipinski definition) is 1. The summed E-state index contributed by atoms with van der Waals surface area (Å²) >= 11 is 0. The minimum atomic E-state index is 0.728. The lowest BCUT2D eigenvalue weighted by atomic mass is 10.2. The van der Waals surface area contributed by atoms with E-state index in [0.717, 1.165) is 66.1 Å². The average Bonchev–Trinajstić information content (AvgIpc) is 3.07. The first kappa shape index (κ1) is 17.5. The summed E-state index contributed by atoms with van der Waals surface area (Å²) in [6.07, 6.45) is 0. The van der Waals surface area contributed by atoms with Gasteiger partial charge in [-0.3, -0.25) is 0 Å². The summed E-state index contributed by atoms with van der Waals surface area (Å²) in [4.78, 5) is 19.5. The van der Waals surface area contributed by atoms with Crippen LogP contribution in [0.1, 0.15) is 5.69 Å². The number of H-pyrrole nitrogens is 1. The van der Waals surface area contributed by atoms with Crippen LogP contribution in [0.3, 0.4) is 0 Å². The Morgan fingerprint density at radius 3 is 2.44 bits per heavy atom. The minimum Gasteiger partial charge on any atom is -0.495 e. The lowest BCUT2D eigenvalue weighted by Crippen LogP contribution is -2.47. The van der Waals surface area contributed by atoms with Gasteiger partial charge in [-0.1, -0.05) is 12.1 Å². The van der Waals surface area contributed by atoms with Crippen molar-refractivity contribution in [3.8, 4) is 5.75 Å². The first-order valence-electron chi connectivity index (χ1n) is 9.24. The topological polar surface area (TPSA) is 60.5 Å². The number of nitrogens with zero attached hydrogens (tertiary/aromatic N) is 5. The zero-order chi connectivity index (χ0) is 19.0. The largest absolute Gasteiger partial charge is 0.495 e. The molecular weight excluding hydrogens is 340 g/mol. The van der Waals surface area contributed by atoms with Crippen molar-refractivity contribution in [3.63, 3.8) is 0 Å². The van der Waals surface area contributed by atoms with Gasteiger partial charge in [-0.15, -0.1) is 0 Å². The molecule has 4 rings (SSSR count). The van der Waals surface area contributed by atoms with Crippen molar-refractivity contribution >= 4 is 28.5 Å². The zero-order valence-electron chi connectivity index (χ0n) is 16.4. The number of para-hydroxylation sites is 2. The molecule has 3 aromatic rings. The summed E-state index contributed by atoms with van der Waals surface area (Å²) in [5, 5.41) is 1.09. The summed E-state index contributed by atoms with van der Waals surface area (Å²) in [6.45, 7) is 5.71. The molecule has 0 amide bonds. The lowest BCUT2D eigenvalue weighted by Gasteiger charge is -2.37. The van der Waals surface area contributed by atoms with Crippen molar-refractivity contribution in [1.82, 2.24) is 15.0 Å². The van der Waals surface area contributed by atoms with Gasteiger partial charge in [0, 0.05) is 46.0 Å². The molecular formula is C20H26N6O. The Balaban J connectivity index is 1.61. The number of ether oxygens (including phenoxy) is 1. The highest BCUT2D eigenvalue weighted by molar-refractivity contribution is 5.89. The quantitative estimate of drug-likeness (QED) is 0.766. The third-order valence-corrected chi connectivity index (χ3v) is 5.00. The van der Waals surface area contributed by atoms with Crippen LogP contribution < -0.4 is 19.4 Å². The van der Waals surface area contributed by atoms with Crippen LogP contribution in [-0.4, -0.2) is 62.3 Å². The van der Waals surface area contributed by atoms with Crippen molar-refractivity contribution in [2.75, 3.05) is 62.1 Å². The Hall–Kier alpha value is -2.96. The van der Waals surface area contributed by atoms with Crippen LogP contribution in [0.2, 0.25) is 0 Å². The van der Waals surface area contributed by atoms with Gasteiger partial charge in [0.1, 0.15) is 17.2 Å². The molecule has 3 heterocycles. The van der Waals surface area contributed by atoms with Gasteiger partial charge in [0.15, 0.2) is 0 Å². The smallest absolute Gasteiger partial charge is 0.228 e. The first-order valence-corrected chi connectivity index (χ1v) is 9.24. The summed E-state index contributed by atoms with van der Waals surface area (Å²) in [6, 6.07) is 10.3. The van der Waals surface area contributed by atoms with Gasteiger partial charge in [-0.05, 0) is 25.1 Å². The van der Waals surface area contributed by atoms with E-state index in [9.17, 15) is 0 Å². The van der Waals surface area contributed by atoms with E-state index in [-0.39, 0.29) is 0 Å². The fourth-order valence-corrected chi connectivity index (χ4v) is 3.60. The average molecular weight is 366 g/mol. The van der Waals surface area contributed by atoms with Gasteiger partial charge in [0.05, 0.1) is 18.2 Å². The molecule has 0 saturated carbocycles. The maximum Gasteiger partial charge on any atom is 0.228 e. The van der Waals surface area contributed by atoms with E-state index in [0.29, 0.717) is 0 Å². The SMILES string of the molecule is COc1ccccc1N1CCN(c2nc(N(C)C)nc3[nH]c(C)cc23)CC1. The number of hydrogen-bond acceptors (Lipinski definition) is 6. The van der Waals surface area contributed by atoms with Crippen molar-refractivity contribution in [2.45, 2.75) is 6.92 Å². The third kappa shape index (κ3) is 3.25. The van der Waals surface area contributed by atoms with Crippen LogP contribution in [0.25, 0.3) is 11.0 Å². The van der Waals surface area contributed by atoms with Crippen LogP contribution in [0.15, 0.2) is 30.3 Å². The molecule has 142 valence electrons. The van der Waals surface area contributed by atoms with E-state index in [1.165, 1.54) is 0 Å². The Bertz CT molecular complexity index is 943. The van der Waals surface area contributed by atoms with Crippen molar-refractivity contribution in [3.05, 3.63) is 36.0 Å². The number of benzene rings is 1. The molecule has 0 aliphatic carbocycles. The predicted molar refractivity (Wildman–Crippen MR) is 110 cm³/mol. The van der Waals surface area contributed by atoms with Gasteiger partial charge in [-0.2, -0.15) is 9.97 Å².